The van der Waals surface area contributed by atoms with E-state index in [9.17, 15) is 19.7 Å². The molecule has 0 bridgehead atoms. The Morgan fingerprint density at radius 1 is 1.21 bits per heavy atom. The number of hydrogen-bond donors (Lipinski definition) is 1. The van der Waals surface area contributed by atoms with Gasteiger partial charge in [-0.15, -0.1) is 0 Å². The van der Waals surface area contributed by atoms with Crippen LogP contribution in [0, 0.1) is 17.0 Å². The second kappa shape index (κ2) is 7.69. The van der Waals surface area contributed by atoms with Gasteiger partial charge in [-0.1, -0.05) is 28.1 Å². The highest BCUT2D eigenvalue weighted by molar-refractivity contribution is 9.10. The third kappa shape index (κ3) is 4.39. The summed E-state index contributed by atoms with van der Waals surface area (Å²) in [5, 5.41) is 13.4. The summed E-state index contributed by atoms with van der Waals surface area (Å²) in [5.74, 6) is -1.31. The topological polar surface area (TPSA) is 98.5 Å². The highest BCUT2D eigenvalue weighted by atomic mass is 79.9. The highest BCUT2D eigenvalue weighted by Gasteiger charge is 2.18. The number of amides is 1. The van der Waals surface area contributed by atoms with Gasteiger partial charge in [-0.05, 0) is 36.8 Å². The van der Waals surface area contributed by atoms with E-state index in [2.05, 4.69) is 21.2 Å². The van der Waals surface area contributed by atoms with E-state index >= 15 is 0 Å². The lowest BCUT2D eigenvalue weighted by molar-refractivity contribution is -0.384. The maximum Gasteiger partial charge on any atom is 0.338 e. The van der Waals surface area contributed by atoms with Crippen molar-refractivity contribution in [3.05, 3.63) is 68.2 Å². The van der Waals surface area contributed by atoms with Gasteiger partial charge in [-0.25, -0.2) is 4.79 Å². The van der Waals surface area contributed by atoms with E-state index in [0.717, 1.165) is 4.47 Å². The minimum atomic E-state index is -0.656. The molecule has 24 heavy (non-hydrogen) atoms. The minimum Gasteiger partial charge on any atom is -0.452 e. The molecule has 0 spiro atoms. The van der Waals surface area contributed by atoms with Gasteiger partial charge < -0.3 is 10.1 Å². The first kappa shape index (κ1) is 17.6. The summed E-state index contributed by atoms with van der Waals surface area (Å²) in [6.45, 7) is 1.09. The van der Waals surface area contributed by atoms with E-state index in [1.165, 1.54) is 12.1 Å². The summed E-state index contributed by atoms with van der Waals surface area (Å²) < 4.78 is 5.71. The number of halogens is 1. The van der Waals surface area contributed by atoms with Crippen LogP contribution < -0.4 is 5.32 Å². The Hall–Kier alpha value is -2.74. The number of rotatable bonds is 5. The molecule has 0 aliphatic carbocycles. The van der Waals surface area contributed by atoms with Crippen molar-refractivity contribution in [3.8, 4) is 0 Å². The van der Waals surface area contributed by atoms with Gasteiger partial charge in [0, 0.05) is 10.5 Å². The molecule has 0 aliphatic heterocycles. The number of anilines is 1. The van der Waals surface area contributed by atoms with Gasteiger partial charge in [-0.2, -0.15) is 0 Å². The number of aryl methyl sites for hydroxylation is 1. The molecule has 0 heterocycles. The van der Waals surface area contributed by atoms with Crippen LogP contribution in [0.1, 0.15) is 15.9 Å². The summed E-state index contributed by atoms with van der Waals surface area (Å²) >= 11 is 3.25. The van der Waals surface area contributed by atoms with Crippen LogP contribution in [0.2, 0.25) is 0 Å². The number of esters is 1. The first-order valence-corrected chi connectivity index (χ1v) is 7.64. The second-order valence-electron chi connectivity index (χ2n) is 4.86. The summed E-state index contributed by atoms with van der Waals surface area (Å²) in [6.07, 6.45) is 0. The van der Waals surface area contributed by atoms with Gasteiger partial charge in [0.05, 0.1) is 10.5 Å². The molecule has 2 aromatic rings. The third-order valence-electron chi connectivity index (χ3n) is 3.13. The fourth-order valence-corrected chi connectivity index (χ4v) is 2.21. The lowest BCUT2D eigenvalue weighted by Crippen LogP contribution is -2.22. The number of ether oxygens (including phenoxy) is 1. The molecule has 8 heteroatoms. The number of hydrogen-bond acceptors (Lipinski definition) is 5. The Morgan fingerprint density at radius 3 is 2.50 bits per heavy atom. The van der Waals surface area contributed by atoms with E-state index < -0.39 is 23.4 Å². The van der Waals surface area contributed by atoms with Crippen molar-refractivity contribution < 1.29 is 19.2 Å². The minimum absolute atomic E-state index is 0.0900. The number of nitro groups is 1. The van der Waals surface area contributed by atoms with Crippen molar-refractivity contribution >= 4 is 39.2 Å². The SMILES string of the molecule is Cc1cccc([N+](=O)[O-])c1NC(=O)COC(=O)c1ccc(Br)cc1. The van der Waals surface area contributed by atoms with Gasteiger partial charge in [-0.3, -0.25) is 14.9 Å². The Labute approximate surface area is 145 Å². The molecule has 2 rings (SSSR count). The van der Waals surface area contributed by atoms with Crippen LogP contribution >= 0.6 is 15.9 Å². The van der Waals surface area contributed by atoms with Crippen LogP contribution in [0.25, 0.3) is 0 Å². The van der Waals surface area contributed by atoms with E-state index in [1.54, 1.807) is 37.3 Å². The Balaban J connectivity index is 2.00. The van der Waals surface area contributed by atoms with Crippen molar-refractivity contribution in [2.24, 2.45) is 0 Å². The summed E-state index contributed by atoms with van der Waals surface area (Å²) in [4.78, 5) is 34.2. The molecule has 124 valence electrons. The normalized spacial score (nSPS) is 10.1. The van der Waals surface area contributed by atoms with Crippen LogP contribution in [0.4, 0.5) is 11.4 Å². The van der Waals surface area contributed by atoms with Crippen molar-refractivity contribution in [2.45, 2.75) is 6.92 Å². The molecule has 0 aliphatic rings. The summed E-state index contributed by atoms with van der Waals surface area (Å²) in [5.41, 5.74) is 0.708. The van der Waals surface area contributed by atoms with Gasteiger partial charge in [0.25, 0.3) is 11.6 Å². The molecule has 7 nitrogen and oxygen atoms in total. The monoisotopic (exact) mass is 392 g/mol. The third-order valence-corrected chi connectivity index (χ3v) is 3.65. The van der Waals surface area contributed by atoms with E-state index in [-0.39, 0.29) is 11.4 Å². The Morgan fingerprint density at radius 2 is 1.88 bits per heavy atom. The maximum absolute atomic E-state index is 11.9. The molecular formula is C16H13BrN2O5. The van der Waals surface area contributed by atoms with Gasteiger partial charge in [0.15, 0.2) is 6.61 Å². The zero-order valence-electron chi connectivity index (χ0n) is 12.6. The standard InChI is InChI=1S/C16H13BrN2O5/c1-10-3-2-4-13(19(22)23)15(10)18-14(20)9-24-16(21)11-5-7-12(17)8-6-11/h2-8H,9H2,1H3,(H,18,20). The zero-order chi connectivity index (χ0) is 17.7. The molecule has 0 saturated heterocycles. The van der Waals surface area contributed by atoms with Crippen molar-refractivity contribution in [2.75, 3.05) is 11.9 Å². The fourth-order valence-electron chi connectivity index (χ4n) is 1.94. The molecule has 1 N–H and O–H groups in total. The van der Waals surface area contributed by atoms with Crippen molar-refractivity contribution in [3.63, 3.8) is 0 Å². The molecular weight excluding hydrogens is 380 g/mol. The van der Waals surface area contributed by atoms with Gasteiger partial charge in [0.2, 0.25) is 0 Å². The molecule has 1 amide bonds. The van der Waals surface area contributed by atoms with Crippen LogP contribution in [0.3, 0.4) is 0 Å². The quantitative estimate of drug-likeness (QED) is 0.477. The number of carbonyl (C=O) groups excluding carboxylic acids is 2. The molecule has 0 unspecified atom stereocenters. The Bertz CT molecular complexity index is 790. The first-order chi connectivity index (χ1) is 11.4. The van der Waals surface area contributed by atoms with E-state index in [4.69, 9.17) is 4.74 Å². The predicted octanol–water partition coefficient (Wildman–Crippen LogP) is 3.46. The average Bonchev–Trinajstić information content (AvgIpc) is 2.55. The predicted molar refractivity (Wildman–Crippen MR) is 90.9 cm³/mol. The molecule has 0 atom stereocenters. The zero-order valence-corrected chi connectivity index (χ0v) is 14.2. The van der Waals surface area contributed by atoms with Crippen LogP contribution in [-0.2, 0) is 9.53 Å². The highest BCUT2D eigenvalue weighted by Crippen LogP contribution is 2.27. The molecule has 0 fully saturated rings. The molecule has 0 saturated carbocycles. The summed E-state index contributed by atoms with van der Waals surface area (Å²) in [6, 6.07) is 10.9. The number of benzene rings is 2. The number of para-hydroxylation sites is 1. The van der Waals surface area contributed by atoms with Crippen LogP contribution in [0.15, 0.2) is 46.9 Å². The second-order valence-corrected chi connectivity index (χ2v) is 5.77. The lowest BCUT2D eigenvalue weighted by atomic mass is 10.1. The number of nitro benzene ring substituents is 1. The number of carbonyl (C=O) groups is 2. The maximum atomic E-state index is 11.9. The summed E-state index contributed by atoms with van der Waals surface area (Å²) in [7, 11) is 0. The number of nitrogens with one attached hydrogen (secondary N) is 1. The smallest absolute Gasteiger partial charge is 0.338 e. The lowest BCUT2D eigenvalue weighted by Gasteiger charge is -2.09. The average molecular weight is 393 g/mol. The first-order valence-electron chi connectivity index (χ1n) is 6.85. The molecule has 0 radical (unpaired) electrons. The van der Waals surface area contributed by atoms with E-state index in [0.29, 0.717) is 11.1 Å². The molecule has 0 aromatic heterocycles. The van der Waals surface area contributed by atoms with Crippen LogP contribution in [0.5, 0.6) is 0 Å². The van der Waals surface area contributed by atoms with Gasteiger partial charge >= 0.3 is 5.97 Å². The van der Waals surface area contributed by atoms with Crippen LogP contribution in [-0.4, -0.2) is 23.4 Å². The van der Waals surface area contributed by atoms with Crippen molar-refractivity contribution in [1.82, 2.24) is 0 Å². The van der Waals surface area contributed by atoms with Crippen molar-refractivity contribution in [1.29, 1.82) is 0 Å². The Kier molecular flexibility index (Phi) is 5.64. The van der Waals surface area contributed by atoms with Gasteiger partial charge in [0.1, 0.15) is 5.69 Å². The fraction of sp³-hybridized carbons (Fsp3) is 0.125. The number of nitrogens with zero attached hydrogens (tertiary/aromatic N) is 1. The van der Waals surface area contributed by atoms with E-state index in [1.807, 2.05) is 0 Å². The molecule has 2 aromatic carbocycles. The largest absolute Gasteiger partial charge is 0.452 e.